The fourth-order valence-electron chi connectivity index (χ4n) is 3.01. The van der Waals surface area contributed by atoms with Gasteiger partial charge >= 0.3 is 7.12 Å². The second kappa shape index (κ2) is 7.98. The first kappa shape index (κ1) is 20.4. The molecule has 1 saturated heterocycles. The predicted octanol–water partition coefficient (Wildman–Crippen LogP) is 3.78. The lowest BCUT2D eigenvalue weighted by atomic mass is 9.77. The van der Waals surface area contributed by atoms with Crippen LogP contribution < -0.4 is 14.9 Å². The standard InChI is InChI=1S/C22H27BO5/c1-6-25-19-13-17(14-24)12-18(23-27-21(2,3)22(4,5)28-23)20(19)26-15-16-10-8-7-9-11-16/h7-14H,6,15H2,1-5H3. The van der Waals surface area contributed by atoms with Gasteiger partial charge in [0, 0.05) is 11.0 Å². The van der Waals surface area contributed by atoms with Crippen LogP contribution in [0.2, 0.25) is 0 Å². The molecule has 5 nitrogen and oxygen atoms in total. The van der Waals surface area contributed by atoms with Gasteiger partial charge in [-0.25, -0.2) is 0 Å². The van der Waals surface area contributed by atoms with Crippen LogP contribution >= 0.6 is 0 Å². The number of carbonyl (C=O) groups is 1. The first-order valence-corrected chi connectivity index (χ1v) is 9.55. The lowest BCUT2D eigenvalue weighted by molar-refractivity contribution is 0.00578. The number of carbonyl (C=O) groups excluding carboxylic acids is 1. The van der Waals surface area contributed by atoms with E-state index in [1.54, 1.807) is 12.1 Å². The molecule has 1 fully saturated rings. The normalized spacial score (nSPS) is 17.4. The van der Waals surface area contributed by atoms with Crippen LogP contribution in [0.1, 0.15) is 50.5 Å². The van der Waals surface area contributed by atoms with Gasteiger partial charge in [0.1, 0.15) is 12.9 Å². The van der Waals surface area contributed by atoms with E-state index in [1.807, 2.05) is 65.0 Å². The Morgan fingerprint density at radius 1 is 1.00 bits per heavy atom. The molecule has 28 heavy (non-hydrogen) atoms. The van der Waals surface area contributed by atoms with Gasteiger partial charge in [-0.05, 0) is 52.3 Å². The summed E-state index contributed by atoms with van der Waals surface area (Å²) in [5.41, 5.74) is 1.17. The molecule has 0 atom stereocenters. The summed E-state index contributed by atoms with van der Waals surface area (Å²) in [6, 6.07) is 13.3. The second-order valence-corrected chi connectivity index (χ2v) is 7.85. The van der Waals surface area contributed by atoms with Crippen LogP contribution in [0.25, 0.3) is 0 Å². The largest absolute Gasteiger partial charge is 0.498 e. The van der Waals surface area contributed by atoms with Crippen LogP contribution in [-0.4, -0.2) is 31.2 Å². The molecule has 2 aromatic rings. The summed E-state index contributed by atoms with van der Waals surface area (Å²) in [7, 11) is -0.658. The zero-order valence-corrected chi connectivity index (χ0v) is 17.2. The monoisotopic (exact) mass is 382 g/mol. The van der Waals surface area contributed by atoms with Gasteiger partial charge in [0.25, 0.3) is 0 Å². The Morgan fingerprint density at radius 2 is 1.64 bits per heavy atom. The Labute approximate surface area is 167 Å². The smallest absolute Gasteiger partial charge is 0.490 e. The van der Waals surface area contributed by atoms with Crippen LogP contribution in [0.3, 0.4) is 0 Å². The molecule has 3 rings (SSSR count). The topological polar surface area (TPSA) is 54.0 Å². The van der Waals surface area contributed by atoms with Crippen LogP contribution in [0.15, 0.2) is 42.5 Å². The SMILES string of the molecule is CCOc1cc(C=O)cc(B2OC(C)(C)C(C)(C)O2)c1OCc1ccccc1. The Kier molecular flexibility index (Phi) is 5.82. The Bertz CT molecular complexity index is 816. The average molecular weight is 382 g/mol. The molecule has 1 heterocycles. The van der Waals surface area contributed by atoms with Gasteiger partial charge in [0.15, 0.2) is 11.5 Å². The maximum absolute atomic E-state index is 11.5. The first-order chi connectivity index (χ1) is 13.3. The summed E-state index contributed by atoms with van der Waals surface area (Å²) < 4.78 is 24.3. The van der Waals surface area contributed by atoms with Crippen LogP contribution in [0, 0.1) is 0 Å². The molecule has 0 amide bonds. The number of hydrogen-bond donors (Lipinski definition) is 0. The van der Waals surface area contributed by atoms with Gasteiger partial charge < -0.3 is 18.8 Å². The molecule has 0 bridgehead atoms. The number of aldehydes is 1. The lowest BCUT2D eigenvalue weighted by Crippen LogP contribution is -2.41. The van der Waals surface area contributed by atoms with Crippen molar-refractivity contribution in [1.82, 2.24) is 0 Å². The lowest BCUT2D eigenvalue weighted by Gasteiger charge is -2.32. The third kappa shape index (κ3) is 4.08. The minimum atomic E-state index is -0.658. The first-order valence-electron chi connectivity index (χ1n) is 9.55. The minimum absolute atomic E-state index is 0.369. The zero-order valence-electron chi connectivity index (χ0n) is 17.2. The molecule has 0 radical (unpaired) electrons. The van der Waals surface area contributed by atoms with E-state index < -0.39 is 18.3 Å². The van der Waals surface area contributed by atoms with Crippen LogP contribution in [0.4, 0.5) is 0 Å². The third-order valence-corrected chi connectivity index (χ3v) is 5.28. The van der Waals surface area contributed by atoms with Crippen molar-refractivity contribution in [2.24, 2.45) is 0 Å². The molecule has 0 spiro atoms. The van der Waals surface area contributed by atoms with Gasteiger partial charge in [-0.2, -0.15) is 0 Å². The minimum Gasteiger partial charge on any atom is -0.490 e. The molecule has 0 N–H and O–H groups in total. The highest BCUT2D eigenvalue weighted by molar-refractivity contribution is 6.63. The number of rotatable bonds is 7. The van der Waals surface area contributed by atoms with Crippen molar-refractivity contribution in [3.05, 3.63) is 53.6 Å². The molecular formula is C22H27BO5. The molecule has 0 aromatic heterocycles. The van der Waals surface area contributed by atoms with Crippen LogP contribution in [0.5, 0.6) is 11.5 Å². The van der Waals surface area contributed by atoms with Crippen molar-refractivity contribution < 1.29 is 23.6 Å². The molecule has 1 aliphatic rings. The highest BCUT2D eigenvalue weighted by Crippen LogP contribution is 2.38. The summed E-state index contributed by atoms with van der Waals surface area (Å²) in [5.74, 6) is 1.04. The molecular weight excluding hydrogens is 355 g/mol. The van der Waals surface area contributed by atoms with Crippen molar-refractivity contribution in [3.8, 4) is 11.5 Å². The molecule has 0 saturated carbocycles. The van der Waals surface area contributed by atoms with E-state index in [0.29, 0.717) is 35.7 Å². The summed E-state index contributed by atoms with van der Waals surface area (Å²) in [6.45, 7) is 10.7. The number of ether oxygens (including phenoxy) is 2. The van der Waals surface area contributed by atoms with E-state index in [1.165, 1.54) is 0 Å². The third-order valence-electron chi connectivity index (χ3n) is 5.28. The van der Waals surface area contributed by atoms with Crippen molar-refractivity contribution in [2.75, 3.05) is 6.61 Å². The average Bonchev–Trinajstić information content (AvgIpc) is 2.88. The Balaban J connectivity index is 2.01. The van der Waals surface area contributed by atoms with E-state index in [4.69, 9.17) is 18.8 Å². The molecule has 0 unspecified atom stereocenters. The van der Waals surface area contributed by atoms with Gasteiger partial charge in [0.05, 0.1) is 17.8 Å². The predicted molar refractivity (Wildman–Crippen MR) is 109 cm³/mol. The molecule has 148 valence electrons. The van der Waals surface area contributed by atoms with Gasteiger partial charge in [0.2, 0.25) is 0 Å². The highest BCUT2D eigenvalue weighted by atomic mass is 16.7. The molecule has 2 aromatic carbocycles. The number of hydrogen-bond acceptors (Lipinski definition) is 5. The Hall–Kier alpha value is -2.31. The fourth-order valence-corrected chi connectivity index (χ4v) is 3.01. The van der Waals surface area contributed by atoms with E-state index in [0.717, 1.165) is 11.8 Å². The number of benzene rings is 2. The van der Waals surface area contributed by atoms with E-state index in [-0.39, 0.29) is 0 Å². The fraction of sp³-hybridized carbons (Fsp3) is 0.409. The second-order valence-electron chi connectivity index (χ2n) is 7.85. The van der Waals surface area contributed by atoms with Crippen molar-refractivity contribution in [3.63, 3.8) is 0 Å². The van der Waals surface area contributed by atoms with E-state index in [2.05, 4.69) is 0 Å². The quantitative estimate of drug-likeness (QED) is 0.539. The Morgan fingerprint density at radius 3 is 2.21 bits per heavy atom. The van der Waals surface area contributed by atoms with E-state index >= 15 is 0 Å². The van der Waals surface area contributed by atoms with Crippen molar-refractivity contribution in [2.45, 2.75) is 52.4 Å². The summed E-state index contributed by atoms with van der Waals surface area (Å²) in [5, 5.41) is 0. The summed E-state index contributed by atoms with van der Waals surface area (Å²) in [6.07, 6.45) is 0.790. The van der Waals surface area contributed by atoms with Crippen molar-refractivity contribution in [1.29, 1.82) is 0 Å². The van der Waals surface area contributed by atoms with E-state index in [9.17, 15) is 4.79 Å². The highest BCUT2D eigenvalue weighted by Gasteiger charge is 2.52. The van der Waals surface area contributed by atoms with Gasteiger partial charge in [-0.15, -0.1) is 0 Å². The summed E-state index contributed by atoms with van der Waals surface area (Å²) in [4.78, 5) is 11.5. The molecule has 0 aliphatic carbocycles. The van der Waals surface area contributed by atoms with Crippen molar-refractivity contribution >= 4 is 18.9 Å². The zero-order chi connectivity index (χ0) is 20.4. The van der Waals surface area contributed by atoms with Gasteiger partial charge in [-0.3, -0.25) is 4.79 Å². The maximum atomic E-state index is 11.5. The summed E-state index contributed by atoms with van der Waals surface area (Å²) >= 11 is 0. The maximum Gasteiger partial charge on any atom is 0.498 e. The van der Waals surface area contributed by atoms with Gasteiger partial charge in [-0.1, -0.05) is 30.3 Å². The molecule has 1 aliphatic heterocycles. The van der Waals surface area contributed by atoms with Crippen LogP contribution in [-0.2, 0) is 15.9 Å². The molecule has 6 heteroatoms.